The summed E-state index contributed by atoms with van der Waals surface area (Å²) < 4.78 is 0. The van der Waals surface area contributed by atoms with E-state index in [2.05, 4.69) is 39.4 Å². The first-order chi connectivity index (χ1) is 13.8. The van der Waals surface area contributed by atoms with E-state index >= 15 is 0 Å². The molecule has 2 aromatic carbocycles. The number of benzene rings is 2. The Morgan fingerprint density at radius 1 is 0.821 bits per heavy atom. The van der Waals surface area contributed by atoms with Gasteiger partial charge in [0.1, 0.15) is 0 Å². The summed E-state index contributed by atoms with van der Waals surface area (Å²) >= 11 is 0. The predicted octanol–water partition coefficient (Wildman–Crippen LogP) is 4.44. The molecule has 1 aromatic heterocycles. The maximum Gasteiger partial charge on any atom is 0.274 e. The van der Waals surface area contributed by atoms with Gasteiger partial charge >= 0.3 is 0 Å². The van der Waals surface area contributed by atoms with Crippen LogP contribution in [-0.2, 0) is 6.54 Å². The van der Waals surface area contributed by atoms with E-state index in [1.165, 1.54) is 12.0 Å². The van der Waals surface area contributed by atoms with Crippen molar-refractivity contribution in [3.63, 3.8) is 0 Å². The van der Waals surface area contributed by atoms with E-state index in [4.69, 9.17) is 0 Å². The molecule has 0 radical (unpaired) electrons. The van der Waals surface area contributed by atoms with E-state index in [0.717, 1.165) is 37.4 Å². The number of hydrogen-bond donors (Lipinski definition) is 0. The number of amides is 1. The molecule has 0 saturated carbocycles. The fourth-order valence-electron chi connectivity index (χ4n) is 3.52. The summed E-state index contributed by atoms with van der Waals surface area (Å²) in [5.41, 5.74) is 2.63. The Labute approximate surface area is 165 Å². The van der Waals surface area contributed by atoms with Gasteiger partial charge < -0.3 is 9.80 Å². The van der Waals surface area contributed by atoms with Crippen molar-refractivity contribution in [2.45, 2.75) is 25.8 Å². The maximum atomic E-state index is 12.7. The van der Waals surface area contributed by atoms with Crippen molar-refractivity contribution in [2.24, 2.45) is 0 Å². The average Bonchev–Trinajstić information content (AvgIpc) is 2.79. The van der Waals surface area contributed by atoms with Gasteiger partial charge in [0.2, 0.25) is 0 Å². The van der Waals surface area contributed by atoms with Gasteiger partial charge in [-0.15, -0.1) is 10.2 Å². The number of anilines is 2. The number of nitrogens with zero attached hydrogens (tertiary/aromatic N) is 4. The molecule has 4 rings (SSSR count). The van der Waals surface area contributed by atoms with Crippen molar-refractivity contribution >= 4 is 17.4 Å². The highest BCUT2D eigenvalue weighted by atomic mass is 16.2. The Morgan fingerprint density at radius 2 is 1.50 bits per heavy atom. The SMILES string of the molecule is O=C(c1ccc(N(Cc2ccccc2)c2ccccc2)nn1)N1CCCCC1. The lowest BCUT2D eigenvalue weighted by atomic mass is 10.1. The molecular formula is C23H24N4O. The van der Waals surface area contributed by atoms with Crippen molar-refractivity contribution in [1.29, 1.82) is 0 Å². The van der Waals surface area contributed by atoms with Gasteiger partial charge in [-0.2, -0.15) is 0 Å². The molecule has 1 saturated heterocycles. The topological polar surface area (TPSA) is 49.3 Å². The summed E-state index contributed by atoms with van der Waals surface area (Å²) in [6.07, 6.45) is 3.33. The van der Waals surface area contributed by atoms with E-state index in [-0.39, 0.29) is 5.91 Å². The van der Waals surface area contributed by atoms with Gasteiger partial charge in [0.05, 0.1) is 0 Å². The summed E-state index contributed by atoms with van der Waals surface area (Å²) in [5, 5.41) is 8.65. The number of rotatable bonds is 5. The molecule has 2 heterocycles. The molecule has 0 bridgehead atoms. The minimum atomic E-state index is -0.0203. The van der Waals surface area contributed by atoms with Crippen molar-refractivity contribution in [3.8, 4) is 0 Å². The highest BCUT2D eigenvalue weighted by Gasteiger charge is 2.20. The summed E-state index contributed by atoms with van der Waals surface area (Å²) in [6.45, 7) is 2.30. The van der Waals surface area contributed by atoms with Crippen LogP contribution >= 0.6 is 0 Å². The Kier molecular flexibility index (Phi) is 5.61. The minimum absolute atomic E-state index is 0.0203. The minimum Gasteiger partial charge on any atom is -0.337 e. The number of hydrogen-bond acceptors (Lipinski definition) is 4. The number of carbonyl (C=O) groups is 1. The van der Waals surface area contributed by atoms with Crippen LogP contribution in [0.1, 0.15) is 35.3 Å². The van der Waals surface area contributed by atoms with Crippen molar-refractivity contribution < 1.29 is 4.79 Å². The number of piperidine rings is 1. The molecule has 1 amide bonds. The molecule has 28 heavy (non-hydrogen) atoms. The van der Waals surface area contributed by atoms with Crippen LogP contribution in [0.5, 0.6) is 0 Å². The molecule has 5 heteroatoms. The van der Waals surface area contributed by atoms with Crippen LogP contribution < -0.4 is 4.90 Å². The molecule has 0 spiro atoms. The molecule has 3 aromatic rings. The van der Waals surface area contributed by atoms with Gasteiger partial charge in [-0.1, -0.05) is 48.5 Å². The van der Waals surface area contributed by atoms with Crippen LogP contribution in [0.15, 0.2) is 72.8 Å². The van der Waals surface area contributed by atoms with E-state index in [1.54, 1.807) is 6.07 Å². The Balaban J connectivity index is 1.58. The summed E-state index contributed by atoms with van der Waals surface area (Å²) in [7, 11) is 0. The zero-order chi connectivity index (χ0) is 19.2. The van der Waals surface area contributed by atoms with Gasteiger partial charge in [-0.3, -0.25) is 4.79 Å². The fourth-order valence-corrected chi connectivity index (χ4v) is 3.52. The van der Waals surface area contributed by atoms with Gasteiger partial charge in [0.15, 0.2) is 11.5 Å². The maximum absolute atomic E-state index is 12.7. The van der Waals surface area contributed by atoms with Gasteiger partial charge in [-0.05, 0) is 49.1 Å². The molecule has 1 aliphatic rings. The summed E-state index contributed by atoms with van der Waals surface area (Å²) in [5.74, 6) is 0.707. The number of likely N-dealkylation sites (tertiary alicyclic amines) is 1. The van der Waals surface area contributed by atoms with Crippen molar-refractivity contribution in [3.05, 3.63) is 84.1 Å². The van der Waals surface area contributed by atoms with Gasteiger partial charge in [-0.25, -0.2) is 0 Å². The lowest BCUT2D eigenvalue weighted by Gasteiger charge is -2.26. The molecular weight excluding hydrogens is 348 g/mol. The predicted molar refractivity (Wildman–Crippen MR) is 111 cm³/mol. The van der Waals surface area contributed by atoms with Crippen LogP contribution in [0.25, 0.3) is 0 Å². The second-order valence-electron chi connectivity index (χ2n) is 7.04. The summed E-state index contributed by atoms with van der Waals surface area (Å²) in [4.78, 5) is 16.6. The molecule has 0 atom stereocenters. The zero-order valence-corrected chi connectivity index (χ0v) is 15.9. The Morgan fingerprint density at radius 3 is 2.14 bits per heavy atom. The van der Waals surface area contributed by atoms with Crippen LogP contribution in [0.3, 0.4) is 0 Å². The van der Waals surface area contributed by atoms with Crippen LogP contribution in [-0.4, -0.2) is 34.1 Å². The normalized spacial score (nSPS) is 13.9. The van der Waals surface area contributed by atoms with Crippen LogP contribution in [0.2, 0.25) is 0 Å². The highest BCUT2D eigenvalue weighted by Crippen LogP contribution is 2.25. The quantitative estimate of drug-likeness (QED) is 0.664. The smallest absolute Gasteiger partial charge is 0.274 e. The Hall–Kier alpha value is -3.21. The zero-order valence-electron chi connectivity index (χ0n) is 15.9. The standard InChI is InChI=1S/C23H24N4O/c28-23(26-16-8-3-9-17-26)21-14-15-22(25-24-21)27(20-12-6-2-7-13-20)18-19-10-4-1-5-11-19/h1-2,4-7,10-15H,3,8-9,16-18H2. The average molecular weight is 372 g/mol. The first-order valence-electron chi connectivity index (χ1n) is 9.81. The number of para-hydroxylation sites is 1. The fraction of sp³-hybridized carbons (Fsp3) is 0.261. The second-order valence-corrected chi connectivity index (χ2v) is 7.04. The Bertz CT molecular complexity index is 891. The molecule has 5 nitrogen and oxygen atoms in total. The molecule has 1 fully saturated rings. The second kappa shape index (κ2) is 8.65. The number of aromatic nitrogens is 2. The van der Waals surface area contributed by atoms with Crippen LogP contribution in [0, 0.1) is 0 Å². The van der Waals surface area contributed by atoms with Gasteiger partial charge in [0, 0.05) is 25.3 Å². The summed E-state index contributed by atoms with van der Waals surface area (Å²) in [6, 6.07) is 24.1. The van der Waals surface area contributed by atoms with Crippen LogP contribution in [0.4, 0.5) is 11.5 Å². The molecule has 1 aliphatic heterocycles. The van der Waals surface area contributed by atoms with E-state index in [9.17, 15) is 4.79 Å². The van der Waals surface area contributed by atoms with Gasteiger partial charge in [0.25, 0.3) is 5.91 Å². The number of carbonyl (C=O) groups excluding carboxylic acids is 1. The third-order valence-corrected chi connectivity index (χ3v) is 5.04. The third-order valence-electron chi connectivity index (χ3n) is 5.04. The monoisotopic (exact) mass is 372 g/mol. The lowest BCUT2D eigenvalue weighted by molar-refractivity contribution is 0.0717. The first kappa shape index (κ1) is 18.2. The first-order valence-corrected chi connectivity index (χ1v) is 9.81. The molecule has 0 N–H and O–H groups in total. The largest absolute Gasteiger partial charge is 0.337 e. The van der Waals surface area contributed by atoms with E-state index < -0.39 is 0 Å². The van der Waals surface area contributed by atoms with Crippen molar-refractivity contribution in [1.82, 2.24) is 15.1 Å². The van der Waals surface area contributed by atoms with E-state index in [1.807, 2.05) is 47.4 Å². The highest BCUT2D eigenvalue weighted by molar-refractivity contribution is 5.92. The molecule has 0 aliphatic carbocycles. The van der Waals surface area contributed by atoms with E-state index in [0.29, 0.717) is 12.2 Å². The molecule has 0 unspecified atom stereocenters. The lowest BCUT2D eigenvalue weighted by Crippen LogP contribution is -2.36. The molecule has 142 valence electrons. The van der Waals surface area contributed by atoms with Crippen molar-refractivity contribution in [2.75, 3.05) is 18.0 Å². The third kappa shape index (κ3) is 4.19.